The molecule has 1 N–H and O–H groups in total. The van der Waals surface area contributed by atoms with Crippen molar-refractivity contribution in [1.82, 2.24) is 0 Å². The van der Waals surface area contributed by atoms with Gasteiger partial charge in [0, 0.05) is 16.3 Å². The van der Waals surface area contributed by atoms with Crippen LogP contribution in [-0.4, -0.2) is 12.2 Å². The Morgan fingerprint density at radius 3 is 2.79 bits per heavy atom. The normalized spacial score (nSPS) is 11.1. The Hall–Kier alpha value is -2.49. The smallest absolute Gasteiger partial charge is 0.339 e. The first-order valence-electron chi connectivity index (χ1n) is 5.85. The van der Waals surface area contributed by atoms with Crippen molar-refractivity contribution in [3.63, 3.8) is 0 Å². The maximum atomic E-state index is 11.7. The van der Waals surface area contributed by atoms with E-state index in [0.717, 1.165) is 0 Å². The van der Waals surface area contributed by atoms with Gasteiger partial charge < -0.3 is 14.3 Å². The van der Waals surface area contributed by atoms with E-state index < -0.39 is 0 Å². The van der Waals surface area contributed by atoms with E-state index in [2.05, 4.69) is 0 Å². The molecule has 0 aliphatic rings. The van der Waals surface area contributed by atoms with Gasteiger partial charge in [-0.05, 0) is 25.1 Å². The van der Waals surface area contributed by atoms with Gasteiger partial charge in [0.25, 0.3) is 0 Å². The topological polar surface area (TPSA) is 59.7 Å². The second-order valence-corrected chi connectivity index (χ2v) is 4.41. The summed E-state index contributed by atoms with van der Waals surface area (Å²) < 4.78 is 10.6. The van der Waals surface area contributed by atoms with Gasteiger partial charge in [0.05, 0.1) is 12.5 Å². The molecule has 0 saturated heterocycles. The molecule has 3 aromatic rings. The van der Waals surface area contributed by atoms with Crippen molar-refractivity contribution in [2.75, 3.05) is 7.11 Å². The zero-order chi connectivity index (χ0) is 13.6. The highest BCUT2D eigenvalue weighted by Gasteiger charge is 2.13. The average molecular weight is 256 g/mol. The molecule has 19 heavy (non-hydrogen) atoms. The van der Waals surface area contributed by atoms with Crippen molar-refractivity contribution >= 4 is 21.7 Å². The lowest BCUT2D eigenvalue weighted by Gasteiger charge is -2.09. The Labute approximate surface area is 108 Å². The maximum absolute atomic E-state index is 11.7. The Kier molecular flexibility index (Phi) is 2.45. The number of benzene rings is 2. The first-order valence-corrected chi connectivity index (χ1v) is 5.85. The molecule has 4 nitrogen and oxygen atoms in total. The molecule has 3 rings (SSSR count). The van der Waals surface area contributed by atoms with E-state index in [1.165, 1.54) is 7.11 Å². The van der Waals surface area contributed by atoms with Crippen molar-refractivity contribution in [1.29, 1.82) is 0 Å². The Morgan fingerprint density at radius 2 is 2.05 bits per heavy atom. The first kappa shape index (κ1) is 11.6. The minimum absolute atomic E-state index is 0.105. The Bertz CT molecular complexity index is 846. The molecule has 1 heterocycles. The lowest BCUT2D eigenvalue weighted by atomic mass is 10.0. The van der Waals surface area contributed by atoms with Crippen molar-refractivity contribution in [3.05, 3.63) is 46.3 Å². The van der Waals surface area contributed by atoms with E-state index in [9.17, 15) is 9.90 Å². The second kappa shape index (κ2) is 4.02. The van der Waals surface area contributed by atoms with E-state index in [4.69, 9.17) is 9.15 Å². The number of phenolic OH excluding ortho intramolecular Hbond substituents is 1. The maximum Gasteiger partial charge on any atom is 0.339 e. The minimum Gasteiger partial charge on any atom is -0.507 e. The standard InChI is InChI=1S/C15H12O4/c1-8-6-9-7-11(16)13-10(14(9)19-15(8)17)4-3-5-12(13)18-2/h3-7,16H,1-2H3. The molecule has 0 amide bonds. The van der Waals surface area contributed by atoms with Crippen LogP contribution in [0.4, 0.5) is 0 Å². The summed E-state index contributed by atoms with van der Waals surface area (Å²) >= 11 is 0. The third kappa shape index (κ3) is 1.64. The monoisotopic (exact) mass is 256 g/mol. The highest BCUT2D eigenvalue weighted by molar-refractivity contribution is 6.09. The van der Waals surface area contributed by atoms with Crippen LogP contribution in [0.2, 0.25) is 0 Å². The molecule has 0 aliphatic carbocycles. The van der Waals surface area contributed by atoms with Gasteiger partial charge in [0.2, 0.25) is 0 Å². The number of hydrogen-bond donors (Lipinski definition) is 1. The SMILES string of the molecule is COc1cccc2c1c(O)cc1cc(C)c(=O)oc12. The van der Waals surface area contributed by atoms with E-state index in [0.29, 0.717) is 33.1 Å². The number of hydrogen-bond acceptors (Lipinski definition) is 4. The predicted octanol–water partition coefficient (Wildman–Crippen LogP) is 2.97. The van der Waals surface area contributed by atoms with Gasteiger partial charge in [-0.1, -0.05) is 12.1 Å². The highest BCUT2D eigenvalue weighted by atomic mass is 16.5. The fourth-order valence-electron chi connectivity index (χ4n) is 2.28. The predicted molar refractivity (Wildman–Crippen MR) is 72.9 cm³/mol. The largest absolute Gasteiger partial charge is 0.507 e. The van der Waals surface area contributed by atoms with Crippen LogP contribution in [-0.2, 0) is 0 Å². The molecule has 0 unspecified atom stereocenters. The van der Waals surface area contributed by atoms with Crippen molar-refractivity contribution < 1.29 is 14.3 Å². The number of ether oxygens (including phenoxy) is 1. The van der Waals surface area contributed by atoms with Crippen molar-refractivity contribution in [3.8, 4) is 11.5 Å². The highest BCUT2D eigenvalue weighted by Crippen LogP contribution is 2.38. The summed E-state index contributed by atoms with van der Waals surface area (Å²) in [6, 6.07) is 8.62. The average Bonchev–Trinajstić information content (AvgIpc) is 2.40. The number of methoxy groups -OCH3 is 1. The van der Waals surface area contributed by atoms with Gasteiger partial charge in [-0.15, -0.1) is 0 Å². The molecule has 4 heteroatoms. The number of phenols is 1. The van der Waals surface area contributed by atoms with Gasteiger partial charge >= 0.3 is 5.63 Å². The van der Waals surface area contributed by atoms with Crippen LogP contribution in [0.3, 0.4) is 0 Å². The van der Waals surface area contributed by atoms with Crippen molar-refractivity contribution in [2.45, 2.75) is 6.92 Å². The molecule has 0 atom stereocenters. The number of rotatable bonds is 1. The lowest BCUT2D eigenvalue weighted by Crippen LogP contribution is -2.02. The van der Waals surface area contributed by atoms with Crippen LogP contribution < -0.4 is 10.4 Å². The van der Waals surface area contributed by atoms with Crippen LogP contribution >= 0.6 is 0 Å². The summed E-state index contributed by atoms with van der Waals surface area (Å²) in [4.78, 5) is 11.7. The minimum atomic E-state index is -0.373. The van der Waals surface area contributed by atoms with Crippen molar-refractivity contribution in [2.24, 2.45) is 0 Å². The molecular formula is C15H12O4. The van der Waals surface area contributed by atoms with Crippen LogP contribution in [0.5, 0.6) is 11.5 Å². The van der Waals surface area contributed by atoms with Crippen LogP contribution in [0.15, 0.2) is 39.5 Å². The van der Waals surface area contributed by atoms with Gasteiger partial charge in [-0.25, -0.2) is 4.79 Å². The molecule has 0 radical (unpaired) electrons. The molecule has 0 spiro atoms. The lowest BCUT2D eigenvalue weighted by molar-refractivity contribution is 0.416. The Morgan fingerprint density at radius 1 is 1.26 bits per heavy atom. The summed E-state index contributed by atoms with van der Waals surface area (Å²) in [5.41, 5.74) is 0.596. The van der Waals surface area contributed by atoms with Crippen LogP contribution in [0.25, 0.3) is 21.7 Å². The first-order chi connectivity index (χ1) is 9.11. The molecular weight excluding hydrogens is 244 g/mol. The van der Waals surface area contributed by atoms with Crippen LogP contribution in [0.1, 0.15) is 5.56 Å². The van der Waals surface area contributed by atoms with Gasteiger partial charge in [0.1, 0.15) is 17.1 Å². The molecule has 1 aromatic heterocycles. The molecule has 0 aliphatic heterocycles. The number of aromatic hydroxyl groups is 1. The summed E-state index contributed by atoms with van der Waals surface area (Å²) in [6.07, 6.45) is 0. The number of aryl methyl sites for hydroxylation is 1. The van der Waals surface area contributed by atoms with E-state index >= 15 is 0 Å². The summed E-state index contributed by atoms with van der Waals surface area (Å²) in [6.45, 7) is 1.68. The fourth-order valence-corrected chi connectivity index (χ4v) is 2.28. The second-order valence-electron chi connectivity index (χ2n) is 4.41. The summed E-state index contributed by atoms with van der Waals surface area (Å²) in [5.74, 6) is 0.647. The third-order valence-electron chi connectivity index (χ3n) is 3.19. The zero-order valence-corrected chi connectivity index (χ0v) is 10.6. The quantitative estimate of drug-likeness (QED) is 0.537. The fraction of sp³-hybridized carbons (Fsp3) is 0.133. The molecule has 96 valence electrons. The summed E-state index contributed by atoms with van der Waals surface area (Å²) in [7, 11) is 1.53. The Balaban J connectivity index is 2.60. The van der Waals surface area contributed by atoms with E-state index in [-0.39, 0.29) is 11.4 Å². The van der Waals surface area contributed by atoms with Gasteiger partial charge in [-0.3, -0.25) is 0 Å². The van der Waals surface area contributed by atoms with Gasteiger partial charge in [-0.2, -0.15) is 0 Å². The molecule has 0 fully saturated rings. The number of fused-ring (bicyclic) bond motifs is 3. The van der Waals surface area contributed by atoms with Crippen LogP contribution in [0, 0.1) is 6.92 Å². The molecule has 2 aromatic carbocycles. The van der Waals surface area contributed by atoms with E-state index in [1.54, 1.807) is 37.3 Å². The molecule has 0 bridgehead atoms. The zero-order valence-electron chi connectivity index (χ0n) is 10.6. The van der Waals surface area contributed by atoms with E-state index in [1.807, 2.05) is 0 Å². The molecule has 0 saturated carbocycles. The third-order valence-corrected chi connectivity index (χ3v) is 3.19. The van der Waals surface area contributed by atoms with Gasteiger partial charge in [0.15, 0.2) is 0 Å². The summed E-state index contributed by atoms with van der Waals surface area (Å²) in [5, 5.41) is 12.0.